The van der Waals surface area contributed by atoms with E-state index in [1.54, 1.807) is 19.2 Å². The number of para-hydroxylation sites is 2. The largest absolute Gasteiger partial charge is 0.495 e. The molecule has 1 aromatic carbocycles. The molecule has 0 aliphatic rings. The summed E-state index contributed by atoms with van der Waals surface area (Å²) in [7, 11) is 1.57. The van der Waals surface area contributed by atoms with Crippen LogP contribution < -0.4 is 15.4 Å². The Morgan fingerprint density at radius 2 is 2.00 bits per heavy atom. The molecule has 0 unspecified atom stereocenters. The molecule has 0 bridgehead atoms. The lowest BCUT2D eigenvalue weighted by Gasteiger charge is -2.09. The normalized spacial score (nSPS) is 9.71. The highest BCUT2D eigenvalue weighted by molar-refractivity contribution is 7.14. The number of hydrogen-bond acceptors (Lipinski definition) is 3. The molecule has 2 aromatic rings. The van der Waals surface area contributed by atoms with E-state index in [4.69, 9.17) is 4.74 Å². The summed E-state index contributed by atoms with van der Waals surface area (Å²) in [5.41, 5.74) is 0.643. The van der Waals surface area contributed by atoms with Crippen molar-refractivity contribution in [1.82, 2.24) is 0 Å². The van der Waals surface area contributed by atoms with E-state index in [9.17, 15) is 4.79 Å². The van der Waals surface area contributed by atoms with Crippen LogP contribution in [0.5, 0.6) is 5.75 Å². The van der Waals surface area contributed by atoms with Gasteiger partial charge in [-0.2, -0.15) is 0 Å². The average molecular weight is 248 g/mol. The van der Waals surface area contributed by atoms with Gasteiger partial charge in [0.1, 0.15) is 5.75 Å². The molecular formula is C12H12N2O2S. The summed E-state index contributed by atoms with van der Waals surface area (Å²) < 4.78 is 5.14. The highest BCUT2D eigenvalue weighted by Gasteiger charge is 2.06. The Morgan fingerprint density at radius 1 is 1.18 bits per heavy atom. The number of ether oxygens (including phenoxy) is 1. The van der Waals surface area contributed by atoms with Gasteiger partial charge >= 0.3 is 6.03 Å². The fourth-order valence-electron chi connectivity index (χ4n) is 1.36. The molecule has 0 aliphatic carbocycles. The van der Waals surface area contributed by atoms with E-state index < -0.39 is 0 Å². The van der Waals surface area contributed by atoms with E-state index in [-0.39, 0.29) is 6.03 Å². The minimum Gasteiger partial charge on any atom is -0.495 e. The third kappa shape index (κ3) is 2.98. The van der Waals surface area contributed by atoms with Gasteiger partial charge in [-0.1, -0.05) is 12.1 Å². The third-order valence-corrected chi connectivity index (χ3v) is 2.90. The molecule has 0 atom stereocenters. The second-order valence-electron chi connectivity index (χ2n) is 3.26. The zero-order valence-corrected chi connectivity index (χ0v) is 10.1. The first-order valence-corrected chi connectivity index (χ1v) is 5.92. The molecule has 88 valence electrons. The van der Waals surface area contributed by atoms with Gasteiger partial charge in [-0.25, -0.2) is 4.79 Å². The fourth-order valence-corrected chi connectivity index (χ4v) is 1.98. The fraction of sp³-hybridized carbons (Fsp3) is 0.0833. The van der Waals surface area contributed by atoms with E-state index in [0.29, 0.717) is 11.4 Å². The number of benzene rings is 1. The summed E-state index contributed by atoms with van der Waals surface area (Å²) in [6.07, 6.45) is 0. The summed E-state index contributed by atoms with van der Waals surface area (Å²) in [4.78, 5) is 11.7. The van der Waals surface area contributed by atoms with Crippen LogP contribution in [0.15, 0.2) is 41.8 Å². The zero-order valence-electron chi connectivity index (χ0n) is 9.27. The van der Waals surface area contributed by atoms with Crippen LogP contribution in [0.3, 0.4) is 0 Å². The second kappa shape index (κ2) is 5.36. The Hall–Kier alpha value is -2.01. The number of thiophene rings is 1. The number of carbonyl (C=O) groups is 1. The molecule has 0 saturated heterocycles. The molecule has 0 fully saturated rings. The van der Waals surface area contributed by atoms with Crippen LogP contribution in [-0.4, -0.2) is 13.1 Å². The van der Waals surface area contributed by atoms with Gasteiger partial charge in [-0.3, -0.25) is 5.32 Å². The van der Waals surface area contributed by atoms with E-state index in [2.05, 4.69) is 10.6 Å². The van der Waals surface area contributed by atoms with Gasteiger partial charge in [0.15, 0.2) is 0 Å². The monoisotopic (exact) mass is 248 g/mol. The standard InChI is InChI=1S/C12H12N2O2S/c1-16-10-6-3-2-5-9(10)13-12(15)14-11-7-4-8-17-11/h2-8H,1H3,(H2,13,14,15). The van der Waals surface area contributed by atoms with Crippen LogP contribution in [0.4, 0.5) is 15.5 Å². The van der Waals surface area contributed by atoms with Crippen molar-refractivity contribution >= 4 is 28.1 Å². The van der Waals surface area contributed by atoms with Crippen molar-refractivity contribution in [2.75, 3.05) is 17.7 Å². The quantitative estimate of drug-likeness (QED) is 0.874. The minimum absolute atomic E-state index is 0.281. The van der Waals surface area contributed by atoms with Gasteiger partial charge in [0, 0.05) is 0 Å². The molecular weight excluding hydrogens is 236 g/mol. The Bertz CT molecular complexity index is 497. The third-order valence-electron chi connectivity index (χ3n) is 2.11. The molecule has 2 rings (SSSR count). The number of urea groups is 1. The van der Waals surface area contributed by atoms with Gasteiger partial charge in [-0.15, -0.1) is 11.3 Å². The lowest BCUT2D eigenvalue weighted by Crippen LogP contribution is -2.19. The van der Waals surface area contributed by atoms with Crippen LogP contribution in [0, 0.1) is 0 Å². The maximum Gasteiger partial charge on any atom is 0.324 e. The Labute approximate surface area is 103 Å². The van der Waals surface area contributed by atoms with Crippen LogP contribution in [0.2, 0.25) is 0 Å². The molecule has 0 aliphatic heterocycles. The molecule has 17 heavy (non-hydrogen) atoms. The summed E-state index contributed by atoms with van der Waals surface area (Å²) >= 11 is 1.47. The van der Waals surface area contributed by atoms with Crippen LogP contribution >= 0.6 is 11.3 Å². The molecule has 0 spiro atoms. The molecule has 5 heteroatoms. The molecule has 0 radical (unpaired) electrons. The number of carbonyl (C=O) groups excluding carboxylic acids is 1. The SMILES string of the molecule is COc1ccccc1NC(=O)Nc1cccs1. The highest BCUT2D eigenvalue weighted by atomic mass is 32.1. The van der Waals surface area contributed by atoms with E-state index in [1.165, 1.54) is 11.3 Å². The maximum atomic E-state index is 11.7. The number of hydrogen-bond donors (Lipinski definition) is 2. The summed E-state index contributed by atoms with van der Waals surface area (Å²) in [5.74, 6) is 0.633. The van der Waals surface area contributed by atoms with E-state index in [0.717, 1.165) is 5.00 Å². The number of methoxy groups -OCH3 is 1. The number of rotatable bonds is 3. The first-order chi connectivity index (χ1) is 8.29. The topological polar surface area (TPSA) is 50.4 Å². The van der Waals surface area contributed by atoms with Gasteiger partial charge in [0.05, 0.1) is 17.8 Å². The van der Waals surface area contributed by atoms with Crippen LogP contribution in [0.25, 0.3) is 0 Å². The number of anilines is 2. The van der Waals surface area contributed by atoms with Crippen LogP contribution in [-0.2, 0) is 0 Å². The second-order valence-corrected chi connectivity index (χ2v) is 4.20. The molecule has 2 N–H and O–H groups in total. The van der Waals surface area contributed by atoms with Crippen molar-refractivity contribution in [3.05, 3.63) is 41.8 Å². The van der Waals surface area contributed by atoms with Gasteiger partial charge < -0.3 is 10.1 Å². The van der Waals surface area contributed by atoms with Crippen molar-refractivity contribution in [3.8, 4) is 5.75 Å². The van der Waals surface area contributed by atoms with Gasteiger partial charge in [-0.05, 0) is 29.6 Å². The zero-order chi connectivity index (χ0) is 12.1. The van der Waals surface area contributed by atoms with Crippen molar-refractivity contribution in [3.63, 3.8) is 0 Å². The van der Waals surface area contributed by atoms with Gasteiger partial charge in [0.25, 0.3) is 0 Å². The highest BCUT2D eigenvalue weighted by Crippen LogP contribution is 2.23. The molecule has 1 aromatic heterocycles. The summed E-state index contributed by atoms with van der Waals surface area (Å²) in [6.45, 7) is 0. The predicted molar refractivity (Wildman–Crippen MR) is 70.0 cm³/mol. The smallest absolute Gasteiger partial charge is 0.324 e. The number of amides is 2. The number of nitrogens with one attached hydrogen (secondary N) is 2. The van der Waals surface area contributed by atoms with E-state index >= 15 is 0 Å². The lowest BCUT2D eigenvalue weighted by molar-refractivity contribution is 0.262. The summed E-state index contributed by atoms with van der Waals surface area (Å²) in [5, 5.41) is 8.17. The van der Waals surface area contributed by atoms with E-state index in [1.807, 2.05) is 29.6 Å². The van der Waals surface area contributed by atoms with Gasteiger partial charge in [0.2, 0.25) is 0 Å². The molecule has 4 nitrogen and oxygen atoms in total. The van der Waals surface area contributed by atoms with Crippen molar-refractivity contribution in [2.45, 2.75) is 0 Å². The maximum absolute atomic E-state index is 11.7. The summed E-state index contributed by atoms with van der Waals surface area (Å²) in [6, 6.07) is 10.7. The Kier molecular flexibility index (Phi) is 3.62. The molecule has 0 saturated carbocycles. The van der Waals surface area contributed by atoms with Crippen molar-refractivity contribution in [2.24, 2.45) is 0 Å². The first kappa shape index (κ1) is 11.5. The van der Waals surface area contributed by atoms with Crippen molar-refractivity contribution < 1.29 is 9.53 Å². The first-order valence-electron chi connectivity index (χ1n) is 5.04. The van der Waals surface area contributed by atoms with Crippen LogP contribution in [0.1, 0.15) is 0 Å². The van der Waals surface area contributed by atoms with Crippen molar-refractivity contribution in [1.29, 1.82) is 0 Å². The predicted octanol–water partition coefficient (Wildman–Crippen LogP) is 3.40. The minimum atomic E-state index is -0.281. The lowest BCUT2D eigenvalue weighted by atomic mass is 10.3. The Morgan fingerprint density at radius 3 is 2.71 bits per heavy atom. The average Bonchev–Trinajstić information content (AvgIpc) is 2.82. The molecule has 1 heterocycles. The Balaban J connectivity index is 2.03. The molecule has 2 amide bonds.